The molecule has 0 spiro atoms. The lowest BCUT2D eigenvalue weighted by atomic mass is 10.1. The number of amides is 1. The number of aromatic carboxylic acids is 1. The van der Waals surface area contributed by atoms with Crippen LogP contribution in [0.2, 0.25) is 0 Å². The minimum absolute atomic E-state index is 0.132. The van der Waals surface area contributed by atoms with Gasteiger partial charge in [0, 0.05) is 6.54 Å². The summed E-state index contributed by atoms with van der Waals surface area (Å²) < 4.78 is 21.2. The van der Waals surface area contributed by atoms with Crippen LogP contribution in [0, 0.1) is 5.82 Å². The van der Waals surface area contributed by atoms with E-state index in [2.05, 4.69) is 10.4 Å². The fourth-order valence-corrected chi connectivity index (χ4v) is 3.31. The van der Waals surface area contributed by atoms with Gasteiger partial charge in [-0.25, -0.2) is 18.8 Å². The van der Waals surface area contributed by atoms with Crippen LogP contribution in [0.3, 0.4) is 0 Å². The van der Waals surface area contributed by atoms with Crippen molar-refractivity contribution in [3.05, 3.63) is 94.7 Å². The average molecular weight is 463 g/mol. The summed E-state index contributed by atoms with van der Waals surface area (Å²) >= 11 is 0. The molecule has 0 fully saturated rings. The number of ether oxygens (including phenoxy) is 1. The molecule has 4 aromatic rings. The number of carboxylic acid groups (broad SMARTS) is 1. The Balaban J connectivity index is 1.74. The first-order valence-electron chi connectivity index (χ1n) is 10.1. The third-order valence-corrected chi connectivity index (χ3v) is 4.87. The molecule has 172 valence electrons. The van der Waals surface area contributed by atoms with Crippen molar-refractivity contribution in [1.29, 1.82) is 0 Å². The van der Waals surface area contributed by atoms with Gasteiger partial charge in [-0.1, -0.05) is 36.4 Å². The molecule has 0 saturated heterocycles. The summed E-state index contributed by atoms with van der Waals surface area (Å²) in [5.74, 6) is -1.58. The maximum Gasteiger partial charge on any atom is 0.377 e. The number of carbonyl (C=O) groups excluding carboxylic acids is 1. The fraction of sp³-hybridized carbons (Fsp3) is 0.0870. The third-order valence-electron chi connectivity index (χ3n) is 4.87. The van der Waals surface area contributed by atoms with E-state index in [4.69, 9.17) is 4.74 Å². The van der Waals surface area contributed by atoms with Crippen LogP contribution in [0.4, 0.5) is 14.9 Å². The summed E-state index contributed by atoms with van der Waals surface area (Å²) in [6.45, 7) is 1.82. The van der Waals surface area contributed by atoms with Gasteiger partial charge in [0.25, 0.3) is 0 Å². The zero-order valence-corrected chi connectivity index (χ0v) is 17.8. The maximum absolute atomic E-state index is 14.4. The molecule has 1 heterocycles. The molecule has 0 atom stereocenters. The lowest BCUT2D eigenvalue weighted by Crippen LogP contribution is -2.41. The third kappa shape index (κ3) is 4.13. The zero-order chi connectivity index (χ0) is 24.2. The summed E-state index contributed by atoms with van der Waals surface area (Å²) in [6, 6.07) is 18.1. The molecule has 10 nitrogen and oxygen atoms in total. The summed E-state index contributed by atoms with van der Waals surface area (Å²) in [5, 5.41) is 16.5. The van der Waals surface area contributed by atoms with Crippen molar-refractivity contribution in [2.24, 2.45) is 0 Å². The molecule has 0 aliphatic heterocycles. The van der Waals surface area contributed by atoms with Gasteiger partial charge in [0.05, 0.1) is 11.3 Å². The van der Waals surface area contributed by atoms with Crippen LogP contribution in [-0.4, -0.2) is 43.4 Å². The van der Waals surface area contributed by atoms with Crippen molar-refractivity contribution >= 4 is 17.7 Å². The number of hydrogen-bond acceptors (Lipinski definition) is 6. The number of carbonyl (C=O) groups is 2. The number of anilines is 1. The van der Waals surface area contributed by atoms with Gasteiger partial charge in [-0.2, -0.15) is 4.68 Å². The van der Waals surface area contributed by atoms with Gasteiger partial charge < -0.3 is 9.84 Å². The Kier molecular flexibility index (Phi) is 6.17. The molecule has 0 bridgehead atoms. The predicted molar refractivity (Wildman–Crippen MR) is 119 cm³/mol. The molecule has 3 aromatic carbocycles. The number of benzene rings is 3. The van der Waals surface area contributed by atoms with Crippen molar-refractivity contribution in [2.75, 3.05) is 11.4 Å². The smallest absolute Gasteiger partial charge is 0.377 e. The molecule has 0 aliphatic carbocycles. The van der Waals surface area contributed by atoms with E-state index in [0.717, 1.165) is 12.1 Å². The van der Waals surface area contributed by atoms with Crippen LogP contribution in [0.25, 0.3) is 5.69 Å². The topological polar surface area (TPSA) is 120 Å². The average Bonchev–Trinajstić information content (AvgIpc) is 3.21. The van der Waals surface area contributed by atoms with E-state index in [1.807, 2.05) is 6.07 Å². The number of halogens is 1. The number of aromatic nitrogens is 4. The van der Waals surface area contributed by atoms with Crippen molar-refractivity contribution < 1.29 is 23.8 Å². The molecule has 1 aromatic heterocycles. The number of para-hydroxylation sites is 4. The van der Waals surface area contributed by atoms with Gasteiger partial charge in [-0.05, 0) is 53.7 Å². The molecular formula is C23H18FN5O5. The number of nitrogens with zero attached hydrogens (tertiary/aromatic N) is 5. The predicted octanol–water partition coefficient (Wildman–Crippen LogP) is 3.55. The second kappa shape index (κ2) is 9.36. The summed E-state index contributed by atoms with van der Waals surface area (Å²) in [6.07, 6.45) is 0. The SMILES string of the molecule is CCN(C(=O)n1nnn(-c2c(F)cccc2C(=O)O)c1=O)c1ccccc1Oc1ccccc1. The molecule has 0 aliphatic rings. The van der Waals surface area contributed by atoms with Gasteiger partial charge >= 0.3 is 17.7 Å². The molecule has 11 heteroatoms. The monoisotopic (exact) mass is 463 g/mol. The summed E-state index contributed by atoms with van der Waals surface area (Å²) in [4.78, 5) is 38.9. The van der Waals surface area contributed by atoms with Crippen LogP contribution in [-0.2, 0) is 0 Å². The minimum atomic E-state index is -1.47. The minimum Gasteiger partial charge on any atom is -0.478 e. The van der Waals surface area contributed by atoms with Crippen LogP contribution in [0.15, 0.2) is 77.6 Å². The first kappa shape index (κ1) is 22.4. The molecule has 1 N–H and O–H groups in total. The number of tetrazole rings is 1. The largest absolute Gasteiger partial charge is 0.478 e. The highest BCUT2D eigenvalue weighted by Crippen LogP contribution is 2.32. The van der Waals surface area contributed by atoms with Crippen molar-refractivity contribution in [3.8, 4) is 17.2 Å². The second-order valence-electron chi connectivity index (χ2n) is 6.94. The lowest BCUT2D eigenvalue weighted by molar-refractivity contribution is 0.0696. The van der Waals surface area contributed by atoms with E-state index in [1.165, 1.54) is 11.0 Å². The molecular weight excluding hydrogens is 445 g/mol. The molecule has 4 rings (SSSR count). The van der Waals surface area contributed by atoms with Gasteiger partial charge in [-0.15, -0.1) is 4.68 Å². The van der Waals surface area contributed by atoms with Gasteiger partial charge in [0.2, 0.25) is 0 Å². The fourth-order valence-electron chi connectivity index (χ4n) is 3.31. The van der Waals surface area contributed by atoms with Gasteiger partial charge in [0.15, 0.2) is 5.75 Å². The first-order valence-corrected chi connectivity index (χ1v) is 10.1. The van der Waals surface area contributed by atoms with E-state index < -0.39 is 34.8 Å². The highest BCUT2D eigenvalue weighted by Gasteiger charge is 2.27. The molecule has 34 heavy (non-hydrogen) atoms. The Morgan fingerprint density at radius 3 is 2.41 bits per heavy atom. The van der Waals surface area contributed by atoms with E-state index in [9.17, 15) is 23.9 Å². The Hall–Kier alpha value is -4.80. The van der Waals surface area contributed by atoms with Gasteiger partial charge in [0.1, 0.15) is 17.3 Å². The van der Waals surface area contributed by atoms with Crippen molar-refractivity contribution in [3.63, 3.8) is 0 Å². The first-order chi connectivity index (χ1) is 16.4. The van der Waals surface area contributed by atoms with E-state index in [0.29, 0.717) is 26.6 Å². The number of hydrogen-bond donors (Lipinski definition) is 1. The second-order valence-corrected chi connectivity index (χ2v) is 6.94. The molecule has 0 unspecified atom stereocenters. The summed E-state index contributed by atoms with van der Waals surface area (Å²) in [7, 11) is 0. The Labute approximate surface area is 192 Å². The summed E-state index contributed by atoms with van der Waals surface area (Å²) in [5.41, 5.74) is -1.89. The van der Waals surface area contributed by atoms with E-state index >= 15 is 0 Å². The highest BCUT2D eigenvalue weighted by molar-refractivity contribution is 5.94. The quantitative estimate of drug-likeness (QED) is 0.434. The Bertz CT molecular complexity index is 1420. The molecule has 0 saturated carbocycles. The van der Waals surface area contributed by atoms with E-state index in [1.54, 1.807) is 55.5 Å². The highest BCUT2D eigenvalue weighted by atomic mass is 19.1. The number of carboxylic acids is 1. The standard InChI is InChI=1S/C23H18FN5O5/c1-2-27(18-13-6-7-14-19(18)34-15-9-4-3-5-10-15)22(32)29-23(33)28(25-26-29)20-16(21(30)31)11-8-12-17(20)24/h3-14H,2H2,1H3,(H,30,31). The van der Waals surface area contributed by atoms with Crippen LogP contribution in [0.1, 0.15) is 17.3 Å². The van der Waals surface area contributed by atoms with Crippen molar-refractivity contribution in [1.82, 2.24) is 19.8 Å². The van der Waals surface area contributed by atoms with Crippen LogP contribution >= 0.6 is 0 Å². The van der Waals surface area contributed by atoms with Gasteiger partial charge in [-0.3, -0.25) is 4.90 Å². The Morgan fingerprint density at radius 2 is 1.71 bits per heavy atom. The van der Waals surface area contributed by atoms with Crippen LogP contribution in [0.5, 0.6) is 11.5 Å². The van der Waals surface area contributed by atoms with E-state index in [-0.39, 0.29) is 6.54 Å². The zero-order valence-electron chi connectivity index (χ0n) is 17.8. The number of rotatable bonds is 6. The van der Waals surface area contributed by atoms with Crippen molar-refractivity contribution in [2.45, 2.75) is 6.92 Å². The molecule has 1 amide bonds. The maximum atomic E-state index is 14.4. The lowest BCUT2D eigenvalue weighted by Gasteiger charge is -2.22. The molecule has 0 radical (unpaired) electrons. The van der Waals surface area contributed by atoms with Crippen LogP contribution < -0.4 is 15.3 Å². The Morgan fingerprint density at radius 1 is 1.00 bits per heavy atom. The normalized spacial score (nSPS) is 10.6.